The summed E-state index contributed by atoms with van der Waals surface area (Å²) in [4.78, 5) is 2.34. The van der Waals surface area contributed by atoms with E-state index in [-0.39, 0.29) is 6.61 Å². The topological polar surface area (TPSA) is 84.8 Å². The van der Waals surface area contributed by atoms with Gasteiger partial charge >= 0.3 is 0 Å². The van der Waals surface area contributed by atoms with E-state index in [0.29, 0.717) is 47.3 Å². The largest absolute Gasteiger partial charge is 0.490 e. The summed E-state index contributed by atoms with van der Waals surface area (Å²) in [6.45, 7) is 6.96. The Kier molecular flexibility index (Phi) is 7.35. The van der Waals surface area contributed by atoms with Crippen molar-refractivity contribution >= 4 is 21.7 Å². The van der Waals surface area contributed by atoms with Gasteiger partial charge in [-0.05, 0) is 66.2 Å². The minimum Gasteiger partial charge on any atom is -0.490 e. The smallest absolute Gasteiger partial charge is 0.283 e. The van der Waals surface area contributed by atoms with E-state index in [9.17, 15) is 5.11 Å². The number of benzene rings is 3. The molecule has 7 heteroatoms. The zero-order valence-corrected chi connectivity index (χ0v) is 22.5. The Labute approximate surface area is 228 Å². The van der Waals surface area contributed by atoms with Gasteiger partial charge in [-0.15, -0.1) is 10.2 Å². The number of aliphatic hydroxyl groups excluding tert-OH is 1. The summed E-state index contributed by atoms with van der Waals surface area (Å²) in [5.41, 5.74) is 2.10. The maximum absolute atomic E-state index is 10.8. The lowest BCUT2D eigenvalue weighted by Crippen LogP contribution is -2.40. The number of rotatable bonds is 9. The maximum atomic E-state index is 10.8. The van der Waals surface area contributed by atoms with Crippen molar-refractivity contribution in [1.29, 1.82) is 0 Å². The minimum atomic E-state index is -0.585. The number of nitrogens with zero attached hydrogens (tertiary/aromatic N) is 3. The first-order chi connectivity index (χ1) is 19.0. The van der Waals surface area contributed by atoms with Crippen molar-refractivity contribution in [2.24, 2.45) is 5.92 Å². The van der Waals surface area contributed by atoms with Crippen LogP contribution in [-0.4, -0.2) is 52.5 Å². The SMILES string of the molecule is CC(C)Cc1nnc(-c2cc3c(OCC(O)CN4CCC(c5ccc6ccccc6c5)CC4)cccc3o2)o1. The molecule has 6 rings (SSSR count). The van der Waals surface area contributed by atoms with Crippen LogP contribution in [0.3, 0.4) is 0 Å². The van der Waals surface area contributed by atoms with Gasteiger partial charge in [-0.2, -0.15) is 0 Å². The van der Waals surface area contributed by atoms with E-state index in [2.05, 4.69) is 71.4 Å². The average Bonchev–Trinajstić information content (AvgIpc) is 3.59. The third-order valence-corrected chi connectivity index (χ3v) is 7.51. The molecule has 1 N–H and O–H groups in total. The Morgan fingerprint density at radius 2 is 1.77 bits per heavy atom. The molecule has 1 atom stereocenters. The van der Waals surface area contributed by atoms with Gasteiger partial charge < -0.3 is 23.6 Å². The summed E-state index contributed by atoms with van der Waals surface area (Å²) in [5, 5.41) is 22.5. The molecular formula is C32H35N3O4. The van der Waals surface area contributed by atoms with Crippen LogP contribution >= 0.6 is 0 Å². The van der Waals surface area contributed by atoms with Gasteiger partial charge in [-0.25, -0.2) is 0 Å². The zero-order chi connectivity index (χ0) is 26.8. The van der Waals surface area contributed by atoms with Crippen molar-refractivity contribution in [2.45, 2.75) is 45.1 Å². The van der Waals surface area contributed by atoms with Crippen LogP contribution in [0, 0.1) is 5.92 Å². The molecule has 1 saturated heterocycles. The number of aromatic nitrogens is 2. The third-order valence-electron chi connectivity index (χ3n) is 7.51. The van der Waals surface area contributed by atoms with Gasteiger partial charge in [0.05, 0.1) is 5.39 Å². The van der Waals surface area contributed by atoms with E-state index in [1.165, 1.54) is 16.3 Å². The molecule has 3 heterocycles. The van der Waals surface area contributed by atoms with Gasteiger partial charge in [-0.1, -0.05) is 62.4 Å². The number of aliphatic hydroxyl groups is 1. The molecular weight excluding hydrogens is 490 g/mol. The van der Waals surface area contributed by atoms with Gasteiger partial charge in [0.25, 0.3) is 5.89 Å². The predicted molar refractivity (Wildman–Crippen MR) is 152 cm³/mol. The molecule has 202 valence electrons. The molecule has 1 aliphatic heterocycles. The number of ether oxygens (including phenoxy) is 1. The van der Waals surface area contributed by atoms with Crippen LogP contribution in [0.1, 0.15) is 44.1 Å². The highest BCUT2D eigenvalue weighted by Gasteiger charge is 2.23. The fourth-order valence-electron chi connectivity index (χ4n) is 5.50. The predicted octanol–water partition coefficient (Wildman–Crippen LogP) is 6.45. The van der Waals surface area contributed by atoms with Crippen LogP contribution < -0.4 is 4.74 Å². The number of piperidine rings is 1. The first kappa shape index (κ1) is 25.6. The summed E-state index contributed by atoms with van der Waals surface area (Å²) in [7, 11) is 0. The summed E-state index contributed by atoms with van der Waals surface area (Å²) in [6.07, 6.45) is 2.33. The summed E-state index contributed by atoms with van der Waals surface area (Å²) in [5.74, 6) is 3.13. The van der Waals surface area contributed by atoms with Gasteiger partial charge in [0.15, 0.2) is 5.76 Å². The molecule has 1 fully saturated rings. The second-order valence-corrected chi connectivity index (χ2v) is 11.0. The Bertz CT molecular complexity index is 1550. The van der Waals surface area contributed by atoms with E-state index < -0.39 is 6.10 Å². The van der Waals surface area contributed by atoms with Crippen LogP contribution in [0.25, 0.3) is 33.4 Å². The van der Waals surface area contributed by atoms with Crippen molar-refractivity contribution in [2.75, 3.05) is 26.2 Å². The van der Waals surface area contributed by atoms with Crippen molar-refractivity contribution in [3.63, 3.8) is 0 Å². The Balaban J connectivity index is 1.03. The number of hydrogen-bond acceptors (Lipinski definition) is 7. The van der Waals surface area contributed by atoms with Gasteiger partial charge in [0.1, 0.15) is 24.0 Å². The average molecular weight is 526 g/mol. The monoisotopic (exact) mass is 525 g/mol. The molecule has 0 radical (unpaired) electrons. The third kappa shape index (κ3) is 5.84. The number of furan rings is 1. The second-order valence-electron chi connectivity index (χ2n) is 11.0. The molecule has 1 unspecified atom stereocenters. The maximum Gasteiger partial charge on any atom is 0.283 e. The van der Waals surface area contributed by atoms with E-state index in [0.717, 1.165) is 37.7 Å². The molecule has 39 heavy (non-hydrogen) atoms. The molecule has 0 aliphatic carbocycles. The Hall–Kier alpha value is -3.68. The molecule has 5 aromatic rings. The van der Waals surface area contributed by atoms with Crippen LogP contribution in [0.15, 0.2) is 75.6 Å². The fourth-order valence-corrected chi connectivity index (χ4v) is 5.50. The standard InChI is InChI=1S/C32H35N3O4/c1-21(2)16-31-33-34-32(39-31)30-18-27-28(8-5-9-29(27)38-30)37-20-26(36)19-35-14-12-23(13-15-35)25-11-10-22-6-3-4-7-24(22)17-25/h3-11,17-18,21,23,26,36H,12-16,19-20H2,1-2H3. The summed E-state index contributed by atoms with van der Waals surface area (Å²) in [6, 6.07) is 22.9. The molecule has 0 amide bonds. The quantitative estimate of drug-likeness (QED) is 0.237. The lowest BCUT2D eigenvalue weighted by Gasteiger charge is -2.33. The van der Waals surface area contributed by atoms with E-state index in [1.807, 2.05) is 24.3 Å². The fraction of sp³-hybridized carbons (Fsp3) is 0.375. The first-order valence-electron chi connectivity index (χ1n) is 13.9. The van der Waals surface area contributed by atoms with Crippen molar-refractivity contribution in [1.82, 2.24) is 15.1 Å². The van der Waals surface area contributed by atoms with Gasteiger partial charge in [0.2, 0.25) is 5.89 Å². The molecule has 3 aromatic carbocycles. The minimum absolute atomic E-state index is 0.212. The molecule has 7 nitrogen and oxygen atoms in total. The van der Waals surface area contributed by atoms with Crippen LogP contribution in [0.2, 0.25) is 0 Å². The number of hydrogen-bond donors (Lipinski definition) is 1. The highest BCUT2D eigenvalue weighted by atomic mass is 16.5. The molecule has 2 aromatic heterocycles. The van der Waals surface area contributed by atoms with E-state index >= 15 is 0 Å². The highest BCUT2D eigenvalue weighted by molar-refractivity contribution is 5.87. The summed E-state index contributed by atoms with van der Waals surface area (Å²) >= 11 is 0. The number of β-amino-alcohol motifs (C(OH)–C–C–N with tert-alkyl or cyclic N) is 1. The number of likely N-dealkylation sites (tertiary alicyclic amines) is 1. The first-order valence-corrected chi connectivity index (χ1v) is 13.9. The lowest BCUT2D eigenvalue weighted by atomic mass is 9.88. The second kappa shape index (κ2) is 11.2. The van der Waals surface area contributed by atoms with E-state index in [4.69, 9.17) is 13.6 Å². The summed E-state index contributed by atoms with van der Waals surface area (Å²) < 4.78 is 17.8. The van der Waals surface area contributed by atoms with Gasteiger partial charge in [0, 0.05) is 19.0 Å². The molecule has 0 saturated carbocycles. The zero-order valence-electron chi connectivity index (χ0n) is 22.5. The van der Waals surface area contributed by atoms with Crippen molar-refractivity contribution in [3.05, 3.63) is 78.2 Å². The molecule has 0 spiro atoms. The van der Waals surface area contributed by atoms with Crippen LogP contribution in [0.5, 0.6) is 5.75 Å². The van der Waals surface area contributed by atoms with E-state index in [1.54, 1.807) is 0 Å². The Morgan fingerprint density at radius 3 is 2.59 bits per heavy atom. The van der Waals surface area contributed by atoms with Gasteiger partial charge in [-0.3, -0.25) is 0 Å². The number of fused-ring (bicyclic) bond motifs is 2. The normalized spacial score (nSPS) is 15.9. The van der Waals surface area contributed by atoms with Crippen LogP contribution in [-0.2, 0) is 6.42 Å². The highest BCUT2D eigenvalue weighted by Crippen LogP contribution is 2.34. The molecule has 1 aliphatic rings. The molecule has 0 bridgehead atoms. The van der Waals surface area contributed by atoms with Crippen molar-refractivity contribution in [3.8, 4) is 17.4 Å². The Morgan fingerprint density at radius 1 is 0.949 bits per heavy atom. The lowest BCUT2D eigenvalue weighted by molar-refractivity contribution is 0.0599. The van der Waals surface area contributed by atoms with Crippen LogP contribution in [0.4, 0.5) is 0 Å². The van der Waals surface area contributed by atoms with Crippen molar-refractivity contribution < 1.29 is 18.7 Å².